The van der Waals surface area contributed by atoms with Gasteiger partial charge < -0.3 is 9.88 Å². The Labute approximate surface area is 172 Å². The number of nitrogens with one attached hydrogen (secondary N) is 1. The van der Waals surface area contributed by atoms with E-state index in [0.29, 0.717) is 10.9 Å². The molecule has 1 amide bonds. The number of allylic oxidation sites excluding steroid dienone is 3. The maximum absolute atomic E-state index is 12.5. The highest BCUT2D eigenvalue weighted by molar-refractivity contribution is 7.99. The average Bonchev–Trinajstić information content (AvgIpc) is 2.69. The van der Waals surface area contributed by atoms with E-state index < -0.39 is 0 Å². The van der Waals surface area contributed by atoms with Gasteiger partial charge in [-0.1, -0.05) is 48.9 Å². The van der Waals surface area contributed by atoms with E-state index >= 15 is 0 Å². The Bertz CT molecular complexity index is 749. The van der Waals surface area contributed by atoms with E-state index in [1.807, 2.05) is 11.8 Å². The largest absolute Gasteiger partial charge is 0.339 e. The minimum atomic E-state index is -0.152. The normalized spacial score (nSPS) is 16.1. The molecule has 0 bridgehead atoms. The lowest BCUT2D eigenvalue weighted by Crippen LogP contribution is -2.49. The number of amides is 1. The van der Waals surface area contributed by atoms with E-state index in [2.05, 4.69) is 46.9 Å². The molecule has 1 aromatic heterocycles. The molecule has 28 heavy (non-hydrogen) atoms. The van der Waals surface area contributed by atoms with Crippen LogP contribution in [0.4, 0.5) is 0 Å². The zero-order chi connectivity index (χ0) is 20.4. The number of aromatic nitrogens is 2. The average molecular weight is 405 g/mol. The first-order chi connectivity index (χ1) is 13.5. The van der Waals surface area contributed by atoms with Gasteiger partial charge in [0.25, 0.3) is 5.56 Å². The third kappa shape index (κ3) is 7.28. The zero-order valence-corrected chi connectivity index (χ0v) is 18.1. The lowest BCUT2D eigenvalue weighted by atomic mass is 10.1. The van der Waals surface area contributed by atoms with Crippen LogP contribution in [0.2, 0.25) is 0 Å². The van der Waals surface area contributed by atoms with Crippen LogP contribution in [0.3, 0.4) is 0 Å². The number of nitrogens with zero attached hydrogens (tertiary/aromatic N) is 3. The zero-order valence-electron chi connectivity index (χ0n) is 17.2. The topological polar surface area (TPSA) is 69.3 Å². The van der Waals surface area contributed by atoms with Crippen molar-refractivity contribution >= 4 is 17.7 Å². The van der Waals surface area contributed by atoms with Gasteiger partial charge in [-0.25, -0.2) is 4.98 Å². The monoisotopic (exact) mass is 404 g/mol. The van der Waals surface area contributed by atoms with E-state index in [-0.39, 0.29) is 11.5 Å². The van der Waals surface area contributed by atoms with Crippen LogP contribution in [0.15, 0.2) is 39.8 Å². The van der Waals surface area contributed by atoms with Crippen molar-refractivity contribution in [3.05, 3.63) is 45.9 Å². The predicted molar refractivity (Wildman–Crippen MR) is 116 cm³/mol. The fourth-order valence-electron chi connectivity index (χ4n) is 3.20. The van der Waals surface area contributed by atoms with Crippen LogP contribution < -0.4 is 5.56 Å². The predicted octanol–water partition coefficient (Wildman–Crippen LogP) is 2.87. The van der Waals surface area contributed by atoms with Gasteiger partial charge in [0, 0.05) is 44.5 Å². The fourth-order valence-corrected chi connectivity index (χ4v) is 4.00. The first-order valence-electron chi connectivity index (χ1n) is 10.1. The van der Waals surface area contributed by atoms with Gasteiger partial charge in [0.1, 0.15) is 0 Å². The fraction of sp³-hybridized carbons (Fsp3) is 0.571. The Kier molecular flexibility index (Phi) is 9.50. The molecule has 0 aliphatic carbocycles. The third-order valence-electron chi connectivity index (χ3n) is 4.80. The summed E-state index contributed by atoms with van der Waals surface area (Å²) in [5, 5.41) is 0.533. The summed E-state index contributed by atoms with van der Waals surface area (Å²) in [6.45, 7) is 10.5. The molecular weight excluding hydrogens is 372 g/mol. The number of carbonyl (C=O) groups is 1. The van der Waals surface area contributed by atoms with Gasteiger partial charge in [0.2, 0.25) is 5.91 Å². The molecular formula is C21H32N4O2S. The molecule has 7 heteroatoms. The van der Waals surface area contributed by atoms with Crippen molar-refractivity contribution in [1.29, 1.82) is 0 Å². The highest BCUT2D eigenvalue weighted by atomic mass is 32.2. The molecule has 0 spiro atoms. The third-order valence-corrected chi connectivity index (χ3v) is 5.66. The van der Waals surface area contributed by atoms with Crippen molar-refractivity contribution in [2.75, 3.05) is 38.5 Å². The molecule has 154 valence electrons. The Morgan fingerprint density at radius 1 is 1.29 bits per heavy atom. The molecule has 1 aliphatic heterocycles. The summed E-state index contributed by atoms with van der Waals surface area (Å²) >= 11 is 1.31. The summed E-state index contributed by atoms with van der Waals surface area (Å²) in [5.74, 6) is 0.416. The molecule has 1 N–H and O–H groups in total. The van der Waals surface area contributed by atoms with Crippen LogP contribution in [-0.4, -0.2) is 64.2 Å². The van der Waals surface area contributed by atoms with Crippen LogP contribution in [0.1, 0.15) is 39.3 Å². The Hall–Kier alpha value is -1.86. The van der Waals surface area contributed by atoms with E-state index in [4.69, 9.17) is 0 Å². The van der Waals surface area contributed by atoms with Gasteiger partial charge in [-0.05, 0) is 26.7 Å². The minimum absolute atomic E-state index is 0.108. The van der Waals surface area contributed by atoms with Crippen LogP contribution in [0.25, 0.3) is 0 Å². The lowest BCUT2D eigenvalue weighted by molar-refractivity contribution is -0.130. The Morgan fingerprint density at radius 3 is 2.68 bits per heavy atom. The number of rotatable bonds is 9. The molecule has 1 aliphatic rings. The Morgan fingerprint density at radius 2 is 2.04 bits per heavy atom. The second-order valence-corrected chi connectivity index (χ2v) is 7.88. The van der Waals surface area contributed by atoms with Crippen LogP contribution in [-0.2, 0) is 11.2 Å². The number of aromatic amines is 1. The van der Waals surface area contributed by atoms with Crippen LogP contribution >= 0.6 is 11.8 Å². The minimum Gasteiger partial charge on any atom is -0.339 e. The summed E-state index contributed by atoms with van der Waals surface area (Å²) in [7, 11) is 0. The van der Waals surface area contributed by atoms with E-state index in [1.54, 1.807) is 0 Å². The van der Waals surface area contributed by atoms with E-state index in [0.717, 1.165) is 57.7 Å². The summed E-state index contributed by atoms with van der Waals surface area (Å²) in [6, 6.07) is 1.53. The van der Waals surface area contributed by atoms with Gasteiger partial charge >= 0.3 is 0 Å². The van der Waals surface area contributed by atoms with Crippen LogP contribution in [0.5, 0.6) is 0 Å². The van der Waals surface area contributed by atoms with E-state index in [1.165, 1.54) is 23.4 Å². The summed E-state index contributed by atoms with van der Waals surface area (Å²) in [4.78, 5) is 35.7. The first-order valence-corrected chi connectivity index (χ1v) is 11.0. The quantitative estimate of drug-likeness (QED) is 0.389. The van der Waals surface area contributed by atoms with Crippen molar-refractivity contribution in [2.24, 2.45) is 0 Å². The summed E-state index contributed by atoms with van der Waals surface area (Å²) < 4.78 is 0. The van der Waals surface area contributed by atoms with Crippen LogP contribution in [0, 0.1) is 0 Å². The van der Waals surface area contributed by atoms with Gasteiger partial charge in [0.15, 0.2) is 5.16 Å². The second kappa shape index (κ2) is 11.9. The molecule has 0 saturated carbocycles. The number of hydrogen-bond acceptors (Lipinski definition) is 5. The molecule has 0 atom stereocenters. The lowest BCUT2D eigenvalue weighted by Gasteiger charge is -2.34. The maximum atomic E-state index is 12.5. The van der Waals surface area contributed by atoms with Crippen molar-refractivity contribution < 1.29 is 4.79 Å². The molecule has 2 rings (SSSR count). The number of piperazine rings is 1. The number of carbonyl (C=O) groups excluding carboxylic acids is 1. The summed E-state index contributed by atoms with van der Waals surface area (Å²) in [5.41, 5.74) is 1.98. The molecule has 1 aromatic rings. The number of aryl methyl sites for hydroxylation is 1. The van der Waals surface area contributed by atoms with Gasteiger partial charge in [0.05, 0.1) is 5.75 Å². The van der Waals surface area contributed by atoms with Gasteiger partial charge in [-0.3, -0.25) is 14.5 Å². The second-order valence-electron chi connectivity index (χ2n) is 6.92. The number of H-pyrrole nitrogens is 1. The maximum Gasteiger partial charge on any atom is 0.251 e. The molecule has 0 radical (unpaired) electrons. The molecule has 6 nitrogen and oxygen atoms in total. The molecule has 1 saturated heterocycles. The van der Waals surface area contributed by atoms with Crippen molar-refractivity contribution in [3.8, 4) is 0 Å². The number of hydrogen-bond donors (Lipinski definition) is 1. The SMILES string of the molecule is C/C=C\C(=C/C)CCN1CCN(C(=O)CSc2nc(CCC)cc(=O)[nH]2)CC1. The first kappa shape index (κ1) is 22.4. The van der Waals surface area contributed by atoms with Crippen molar-refractivity contribution in [3.63, 3.8) is 0 Å². The molecule has 1 fully saturated rings. The molecule has 0 aromatic carbocycles. The Balaban J connectivity index is 1.77. The molecule has 2 heterocycles. The van der Waals surface area contributed by atoms with Gasteiger partial charge in [-0.15, -0.1) is 0 Å². The highest BCUT2D eigenvalue weighted by Gasteiger charge is 2.21. The highest BCUT2D eigenvalue weighted by Crippen LogP contribution is 2.14. The molecule has 0 unspecified atom stereocenters. The van der Waals surface area contributed by atoms with Crippen molar-refractivity contribution in [2.45, 2.75) is 45.2 Å². The number of thioether (sulfide) groups is 1. The van der Waals surface area contributed by atoms with Gasteiger partial charge in [-0.2, -0.15) is 0 Å². The standard InChI is InChI=1S/C21H32N4O2S/c1-4-7-17(6-3)9-10-24-11-13-25(14-12-24)20(27)16-28-21-22-18(8-5-2)15-19(26)23-21/h4,6-7,15H,5,8-14,16H2,1-3H3,(H,22,23,26)/b7-4-,17-6+. The smallest absolute Gasteiger partial charge is 0.251 e. The van der Waals surface area contributed by atoms with E-state index in [9.17, 15) is 9.59 Å². The van der Waals surface area contributed by atoms with Crippen molar-refractivity contribution in [1.82, 2.24) is 19.8 Å². The summed E-state index contributed by atoms with van der Waals surface area (Å²) in [6.07, 6.45) is 9.14.